The topological polar surface area (TPSA) is 145 Å². The van der Waals surface area contributed by atoms with Gasteiger partial charge >= 0.3 is 11.7 Å². The van der Waals surface area contributed by atoms with Crippen molar-refractivity contribution in [1.29, 1.82) is 0 Å². The quantitative estimate of drug-likeness (QED) is 0.440. The van der Waals surface area contributed by atoms with E-state index in [1.807, 2.05) is 6.92 Å². The molecule has 3 aromatic rings. The van der Waals surface area contributed by atoms with Crippen LogP contribution in [-0.4, -0.2) is 39.5 Å². The highest BCUT2D eigenvalue weighted by Gasteiger charge is 2.28. The van der Waals surface area contributed by atoms with Crippen molar-refractivity contribution in [2.24, 2.45) is 7.05 Å². The average Bonchev–Trinajstić information content (AvgIpc) is 3.52. The number of carbonyl (C=O) groups is 1. The Morgan fingerprint density at radius 1 is 1.30 bits per heavy atom. The molecule has 2 aromatic heterocycles. The average molecular weight is 476 g/mol. The minimum atomic E-state index is -3.71. The minimum Gasteiger partial charge on any atom is -0.454 e. The van der Waals surface area contributed by atoms with Crippen LogP contribution in [0.3, 0.4) is 0 Å². The lowest BCUT2D eigenvalue weighted by molar-refractivity contribution is 0.0459. The Morgan fingerprint density at radius 2 is 2.06 bits per heavy atom. The van der Waals surface area contributed by atoms with Crippen LogP contribution in [0.25, 0.3) is 11.2 Å². The molecule has 176 valence electrons. The first-order valence-electron chi connectivity index (χ1n) is 10.7. The summed E-state index contributed by atoms with van der Waals surface area (Å²) >= 11 is 0. The molecule has 0 aliphatic heterocycles. The molecule has 0 spiro atoms. The van der Waals surface area contributed by atoms with Gasteiger partial charge in [0.2, 0.25) is 10.0 Å². The molecule has 1 aliphatic carbocycles. The molecule has 11 nitrogen and oxygen atoms in total. The standard InChI is InChI=1S/C21H25N5O6S/c1-3-4-10-26-18-17(19(27)23-21(26)29)25(2)16(22-18)12-32-20(28)13-6-5-7-15(11-13)33(30,31)24-14-8-9-14/h5-7,11,14,24H,3-4,8-10,12H2,1-2H3,(H,23,27,29). The lowest BCUT2D eigenvalue weighted by Gasteiger charge is -2.08. The number of hydrogen-bond acceptors (Lipinski definition) is 7. The van der Waals surface area contributed by atoms with E-state index < -0.39 is 27.2 Å². The Hall–Kier alpha value is -3.25. The molecular weight excluding hydrogens is 450 g/mol. The molecule has 1 aliphatic rings. The fraction of sp³-hybridized carbons (Fsp3) is 0.429. The van der Waals surface area contributed by atoms with Gasteiger partial charge in [0.05, 0.1) is 10.5 Å². The summed E-state index contributed by atoms with van der Waals surface area (Å²) in [6, 6.07) is 5.55. The van der Waals surface area contributed by atoms with Crippen LogP contribution >= 0.6 is 0 Å². The van der Waals surface area contributed by atoms with Gasteiger partial charge in [-0.15, -0.1) is 0 Å². The molecule has 4 rings (SSSR count). The molecule has 1 fully saturated rings. The highest BCUT2D eigenvalue weighted by molar-refractivity contribution is 7.89. The number of hydrogen-bond donors (Lipinski definition) is 2. The van der Waals surface area contributed by atoms with E-state index in [1.54, 1.807) is 7.05 Å². The van der Waals surface area contributed by atoms with Crippen LogP contribution < -0.4 is 16.0 Å². The van der Waals surface area contributed by atoms with E-state index in [2.05, 4.69) is 14.7 Å². The zero-order valence-electron chi connectivity index (χ0n) is 18.3. The maximum Gasteiger partial charge on any atom is 0.338 e. The summed E-state index contributed by atoms with van der Waals surface area (Å²) in [4.78, 5) is 43.8. The predicted molar refractivity (Wildman–Crippen MR) is 119 cm³/mol. The summed E-state index contributed by atoms with van der Waals surface area (Å²) in [6.07, 6.45) is 3.19. The smallest absolute Gasteiger partial charge is 0.338 e. The molecule has 1 aromatic carbocycles. The van der Waals surface area contributed by atoms with Crippen molar-refractivity contribution in [3.8, 4) is 0 Å². The molecule has 0 atom stereocenters. The molecule has 33 heavy (non-hydrogen) atoms. The molecule has 0 radical (unpaired) electrons. The zero-order valence-corrected chi connectivity index (χ0v) is 19.1. The number of aryl methyl sites for hydroxylation is 2. The highest BCUT2D eigenvalue weighted by atomic mass is 32.2. The van der Waals surface area contributed by atoms with Crippen LogP contribution in [0.1, 0.15) is 48.8 Å². The number of sulfonamides is 1. The summed E-state index contributed by atoms with van der Waals surface area (Å²) < 4.78 is 35.6. The van der Waals surface area contributed by atoms with Crippen molar-refractivity contribution in [2.75, 3.05) is 0 Å². The van der Waals surface area contributed by atoms with Gasteiger partial charge in [0.15, 0.2) is 11.2 Å². The number of imidazole rings is 1. The second kappa shape index (κ2) is 8.94. The lowest BCUT2D eigenvalue weighted by Crippen LogP contribution is -2.31. The first kappa shape index (κ1) is 22.9. The second-order valence-electron chi connectivity index (χ2n) is 8.02. The van der Waals surface area contributed by atoms with Gasteiger partial charge in [0.25, 0.3) is 5.56 Å². The Kier molecular flexibility index (Phi) is 6.21. The molecule has 0 unspecified atom stereocenters. The minimum absolute atomic E-state index is 0.0157. The monoisotopic (exact) mass is 475 g/mol. The number of benzene rings is 1. The van der Waals surface area contributed by atoms with Gasteiger partial charge in [-0.05, 0) is 37.5 Å². The van der Waals surface area contributed by atoms with Gasteiger partial charge in [0, 0.05) is 19.6 Å². The van der Waals surface area contributed by atoms with Gasteiger partial charge in [-0.2, -0.15) is 0 Å². The number of carbonyl (C=O) groups excluding carboxylic acids is 1. The maximum absolute atomic E-state index is 12.6. The van der Waals surface area contributed by atoms with E-state index >= 15 is 0 Å². The molecule has 12 heteroatoms. The largest absolute Gasteiger partial charge is 0.454 e. The van der Waals surface area contributed by atoms with E-state index in [0.29, 0.717) is 6.54 Å². The zero-order chi connectivity index (χ0) is 23.8. The predicted octanol–water partition coefficient (Wildman–Crippen LogP) is 1.02. The SMILES string of the molecule is CCCCn1c(=O)[nH]c(=O)c2c1nc(COC(=O)c1cccc(S(=O)(=O)NC3CC3)c1)n2C. The number of esters is 1. The van der Waals surface area contributed by atoms with E-state index in [9.17, 15) is 22.8 Å². The van der Waals surface area contributed by atoms with Gasteiger partial charge in [-0.1, -0.05) is 19.4 Å². The van der Waals surface area contributed by atoms with Crippen LogP contribution in [0, 0.1) is 0 Å². The Morgan fingerprint density at radius 3 is 2.76 bits per heavy atom. The molecule has 1 saturated carbocycles. The number of rotatable bonds is 9. The third-order valence-electron chi connectivity index (χ3n) is 5.45. The fourth-order valence-electron chi connectivity index (χ4n) is 3.44. The van der Waals surface area contributed by atoms with Crippen molar-refractivity contribution < 1.29 is 17.9 Å². The summed E-state index contributed by atoms with van der Waals surface area (Å²) in [5.74, 6) is -0.457. The summed E-state index contributed by atoms with van der Waals surface area (Å²) in [5, 5.41) is 0. The number of unbranched alkanes of at least 4 members (excludes halogenated alkanes) is 1. The number of H-pyrrole nitrogens is 1. The van der Waals surface area contributed by atoms with Crippen molar-refractivity contribution in [1.82, 2.24) is 23.8 Å². The van der Waals surface area contributed by atoms with E-state index in [-0.39, 0.29) is 40.1 Å². The highest BCUT2D eigenvalue weighted by Crippen LogP contribution is 2.22. The molecule has 2 heterocycles. The number of aromatic amines is 1. The van der Waals surface area contributed by atoms with Crippen molar-refractivity contribution >= 4 is 27.2 Å². The first-order chi connectivity index (χ1) is 15.7. The normalized spacial score (nSPS) is 14.0. The van der Waals surface area contributed by atoms with Gasteiger partial charge in [0.1, 0.15) is 12.4 Å². The molecular formula is C21H25N5O6S. The lowest BCUT2D eigenvalue weighted by atomic mass is 10.2. The Labute approximate surface area is 189 Å². The number of nitrogens with one attached hydrogen (secondary N) is 2. The first-order valence-corrected chi connectivity index (χ1v) is 12.2. The Bertz CT molecular complexity index is 1430. The van der Waals surface area contributed by atoms with Crippen LogP contribution in [0.5, 0.6) is 0 Å². The third-order valence-corrected chi connectivity index (χ3v) is 6.97. The summed E-state index contributed by atoms with van der Waals surface area (Å²) in [6.45, 7) is 2.12. The van der Waals surface area contributed by atoms with Crippen LogP contribution in [0.2, 0.25) is 0 Å². The van der Waals surface area contributed by atoms with Gasteiger partial charge in [-0.3, -0.25) is 14.3 Å². The molecule has 2 N–H and O–H groups in total. The van der Waals surface area contributed by atoms with Gasteiger partial charge in [-0.25, -0.2) is 27.7 Å². The number of aromatic nitrogens is 4. The third kappa shape index (κ3) is 4.76. The van der Waals surface area contributed by atoms with Crippen molar-refractivity contribution in [3.05, 3.63) is 56.5 Å². The van der Waals surface area contributed by atoms with Crippen LogP contribution in [0.4, 0.5) is 0 Å². The summed E-state index contributed by atoms with van der Waals surface area (Å²) in [5.41, 5.74) is -0.608. The van der Waals surface area contributed by atoms with E-state index in [1.165, 1.54) is 33.4 Å². The van der Waals surface area contributed by atoms with Crippen molar-refractivity contribution in [2.45, 2.75) is 56.7 Å². The molecule has 0 saturated heterocycles. The number of ether oxygens (including phenoxy) is 1. The van der Waals surface area contributed by atoms with Crippen molar-refractivity contribution in [3.63, 3.8) is 0 Å². The second-order valence-corrected chi connectivity index (χ2v) is 9.74. The van der Waals surface area contributed by atoms with E-state index in [0.717, 1.165) is 25.7 Å². The number of fused-ring (bicyclic) bond motifs is 1. The molecule has 0 amide bonds. The van der Waals surface area contributed by atoms with E-state index in [4.69, 9.17) is 4.74 Å². The maximum atomic E-state index is 12.6. The summed E-state index contributed by atoms with van der Waals surface area (Å²) in [7, 11) is -2.11. The number of nitrogens with zero attached hydrogens (tertiary/aromatic N) is 3. The molecule has 0 bridgehead atoms. The van der Waals surface area contributed by atoms with Crippen LogP contribution in [-0.2, 0) is 35.0 Å². The fourth-order valence-corrected chi connectivity index (χ4v) is 4.79. The van der Waals surface area contributed by atoms with Crippen LogP contribution in [0.15, 0.2) is 38.8 Å². The Balaban J connectivity index is 1.56. The van der Waals surface area contributed by atoms with Gasteiger partial charge < -0.3 is 9.30 Å².